The van der Waals surface area contributed by atoms with Crippen molar-refractivity contribution in [1.29, 1.82) is 0 Å². The third-order valence-electron chi connectivity index (χ3n) is 4.82. The fourth-order valence-electron chi connectivity index (χ4n) is 3.13. The average Bonchev–Trinajstić information content (AvgIpc) is 2.48. The number of carboxylic acid groups (broad SMARTS) is 1. The van der Waals surface area contributed by atoms with E-state index in [-0.39, 0.29) is 24.5 Å². The normalized spacial score (nSPS) is 20.5. The second-order valence-electron chi connectivity index (χ2n) is 6.86. The molecule has 1 aliphatic rings. The number of halogens is 1. The molecule has 1 amide bonds. The number of likely N-dealkylation sites (N-methyl/N-ethyl adjacent to an activating group) is 1. The standard InChI is InChI=1S/C18H25ClN2O3/c1-4-21(11-16(22)23)13-9-12(10-13)20-17(24)18(2,3)14-7-5-6-8-15(14)19/h5-8,12-13H,4,9-11H2,1-3H3,(H,20,24)(H,22,23). The number of carbonyl (C=O) groups is 2. The predicted molar refractivity (Wildman–Crippen MR) is 94.3 cm³/mol. The van der Waals surface area contributed by atoms with Crippen LogP contribution in [0.2, 0.25) is 5.02 Å². The summed E-state index contributed by atoms with van der Waals surface area (Å²) in [6.45, 7) is 6.43. The van der Waals surface area contributed by atoms with Gasteiger partial charge in [0, 0.05) is 17.1 Å². The van der Waals surface area contributed by atoms with Crippen LogP contribution in [0.1, 0.15) is 39.2 Å². The lowest BCUT2D eigenvalue weighted by atomic mass is 9.81. The molecule has 0 bridgehead atoms. The minimum atomic E-state index is -0.816. The molecule has 2 rings (SSSR count). The summed E-state index contributed by atoms with van der Waals surface area (Å²) in [5.74, 6) is -0.871. The Bertz CT molecular complexity index is 612. The summed E-state index contributed by atoms with van der Waals surface area (Å²) in [6, 6.07) is 7.69. The topological polar surface area (TPSA) is 69.6 Å². The molecule has 24 heavy (non-hydrogen) atoms. The molecule has 0 radical (unpaired) electrons. The molecule has 1 aromatic rings. The number of carboxylic acids is 1. The maximum absolute atomic E-state index is 12.7. The van der Waals surface area contributed by atoms with Crippen LogP contribution in [0.25, 0.3) is 0 Å². The van der Waals surface area contributed by atoms with Gasteiger partial charge in [0.1, 0.15) is 0 Å². The number of nitrogens with zero attached hydrogens (tertiary/aromatic N) is 1. The predicted octanol–water partition coefficient (Wildman–Crippen LogP) is 2.67. The van der Waals surface area contributed by atoms with E-state index in [1.165, 1.54) is 0 Å². The Hall–Kier alpha value is -1.59. The fraction of sp³-hybridized carbons (Fsp3) is 0.556. The van der Waals surface area contributed by atoms with Crippen molar-refractivity contribution in [1.82, 2.24) is 10.2 Å². The fourth-order valence-corrected chi connectivity index (χ4v) is 3.50. The van der Waals surface area contributed by atoms with E-state index in [0.29, 0.717) is 11.6 Å². The summed E-state index contributed by atoms with van der Waals surface area (Å²) in [6.07, 6.45) is 1.57. The lowest BCUT2D eigenvalue weighted by Crippen LogP contribution is -2.57. The number of aliphatic carboxylic acids is 1. The highest BCUT2D eigenvalue weighted by Crippen LogP contribution is 2.32. The molecule has 1 aliphatic carbocycles. The van der Waals surface area contributed by atoms with Crippen LogP contribution in [0, 0.1) is 0 Å². The van der Waals surface area contributed by atoms with Crippen LogP contribution in [0.3, 0.4) is 0 Å². The van der Waals surface area contributed by atoms with Gasteiger partial charge in [-0.3, -0.25) is 14.5 Å². The number of amides is 1. The Labute approximate surface area is 148 Å². The van der Waals surface area contributed by atoms with E-state index < -0.39 is 11.4 Å². The Kier molecular flexibility index (Phi) is 5.88. The van der Waals surface area contributed by atoms with Crippen molar-refractivity contribution in [3.05, 3.63) is 34.9 Å². The largest absolute Gasteiger partial charge is 0.480 e. The van der Waals surface area contributed by atoms with Crippen molar-refractivity contribution < 1.29 is 14.7 Å². The first-order valence-corrected chi connectivity index (χ1v) is 8.65. The van der Waals surface area contributed by atoms with Gasteiger partial charge in [0.2, 0.25) is 5.91 Å². The van der Waals surface area contributed by atoms with Gasteiger partial charge in [-0.1, -0.05) is 36.7 Å². The number of hydrogen-bond acceptors (Lipinski definition) is 3. The highest BCUT2D eigenvalue weighted by molar-refractivity contribution is 6.31. The van der Waals surface area contributed by atoms with E-state index in [2.05, 4.69) is 5.32 Å². The SMILES string of the molecule is CCN(CC(=O)O)C1CC(NC(=O)C(C)(C)c2ccccc2Cl)C1. The van der Waals surface area contributed by atoms with E-state index in [4.69, 9.17) is 16.7 Å². The van der Waals surface area contributed by atoms with Crippen LogP contribution in [0.5, 0.6) is 0 Å². The molecule has 5 nitrogen and oxygen atoms in total. The highest BCUT2D eigenvalue weighted by Gasteiger charge is 2.38. The molecule has 132 valence electrons. The molecule has 0 unspecified atom stereocenters. The third-order valence-corrected chi connectivity index (χ3v) is 5.15. The summed E-state index contributed by atoms with van der Waals surface area (Å²) >= 11 is 6.23. The van der Waals surface area contributed by atoms with Crippen LogP contribution in [-0.4, -0.2) is 47.1 Å². The second-order valence-corrected chi connectivity index (χ2v) is 7.26. The molecule has 1 saturated carbocycles. The molecule has 2 N–H and O–H groups in total. The maximum Gasteiger partial charge on any atom is 0.317 e. The lowest BCUT2D eigenvalue weighted by molar-refractivity contribution is -0.140. The zero-order chi connectivity index (χ0) is 17.9. The second kappa shape index (κ2) is 7.53. The van der Waals surface area contributed by atoms with E-state index in [9.17, 15) is 9.59 Å². The third kappa shape index (κ3) is 4.08. The molecule has 1 fully saturated rings. The van der Waals surface area contributed by atoms with Crippen molar-refractivity contribution in [2.24, 2.45) is 0 Å². The van der Waals surface area contributed by atoms with Gasteiger partial charge in [0.15, 0.2) is 0 Å². The molecule has 0 aromatic heterocycles. The molecule has 0 saturated heterocycles. The van der Waals surface area contributed by atoms with Gasteiger partial charge in [0.25, 0.3) is 0 Å². The first kappa shape index (κ1) is 18.7. The zero-order valence-corrected chi connectivity index (χ0v) is 15.1. The van der Waals surface area contributed by atoms with Crippen LogP contribution >= 0.6 is 11.6 Å². The van der Waals surface area contributed by atoms with Crippen LogP contribution in [-0.2, 0) is 15.0 Å². The van der Waals surface area contributed by atoms with Crippen molar-refractivity contribution in [3.8, 4) is 0 Å². The Balaban J connectivity index is 1.92. The van der Waals surface area contributed by atoms with Crippen molar-refractivity contribution in [3.63, 3.8) is 0 Å². The minimum absolute atomic E-state index is 0.0486. The summed E-state index contributed by atoms with van der Waals surface area (Å²) in [5.41, 5.74) is 0.0932. The molecule has 0 atom stereocenters. The first-order chi connectivity index (χ1) is 11.3. The molecule has 6 heteroatoms. The number of rotatable bonds is 7. The zero-order valence-electron chi connectivity index (χ0n) is 14.4. The Morgan fingerprint density at radius 1 is 1.33 bits per heavy atom. The molecule has 0 aliphatic heterocycles. The van der Waals surface area contributed by atoms with Gasteiger partial charge < -0.3 is 10.4 Å². The number of benzene rings is 1. The maximum atomic E-state index is 12.7. The van der Waals surface area contributed by atoms with Crippen LogP contribution < -0.4 is 5.32 Å². The highest BCUT2D eigenvalue weighted by atomic mass is 35.5. The quantitative estimate of drug-likeness (QED) is 0.791. The summed E-state index contributed by atoms with van der Waals surface area (Å²) in [5, 5.41) is 12.6. The first-order valence-electron chi connectivity index (χ1n) is 8.27. The van der Waals surface area contributed by atoms with E-state index in [1.54, 1.807) is 6.07 Å². The Morgan fingerprint density at radius 2 is 1.96 bits per heavy atom. The summed E-state index contributed by atoms with van der Waals surface area (Å²) in [7, 11) is 0. The summed E-state index contributed by atoms with van der Waals surface area (Å²) in [4.78, 5) is 25.5. The number of nitrogens with one attached hydrogen (secondary N) is 1. The van der Waals surface area contributed by atoms with Gasteiger partial charge in [-0.15, -0.1) is 0 Å². The van der Waals surface area contributed by atoms with Crippen molar-refractivity contribution in [2.75, 3.05) is 13.1 Å². The monoisotopic (exact) mass is 352 g/mol. The molecule has 1 aromatic carbocycles. The smallest absolute Gasteiger partial charge is 0.317 e. The van der Waals surface area contributed by atoms with Gasteiger partial charge in [-0.05, 0) is 44.9 Å². The summed E-state index contributed by atoms with van der Waals surface area (Å²) < 4.78 is 0. The van der Waals surface area contributed by atoms with E-state index in [1.807, 2.05) is 43.9 Å². The van der Waals surface area contributed by atoms with Crippen LogP contribution in [0.4, 0.5) is 0 Å². The molecular formula is C18H25ClN2O3. The molecule has 0 spiro atoms. The van der Waals surface area contributed by atoms with Crippen molar-refractivity contribution >= 4 is 23.5 Å². The minimum Gasteiger partial charge on any atom is -0.480 e. The Morgan fingerprint density at radius 3 is 2.50 bits per heavy atom. The molecule has 0 heterocycles. The lowest BCUT2D eigenvalue weighted by Gasteiger charge is -2.43. The van der Waals surface area contributed by atoms with E-state index >= 15 is 0 Å². The van der Waals surface area contributed by atoms with Gasteiger partial charge in [-0.2, -0.15) is 0 Å². The average molecular weight is 353 g/mol. The van der Waals surface area contributed by atoms with E-state index in [0.717, 1.165) is 18.4 Å². The van der Waals surface area contributed by atoms with Crippen LogP contribution in [0.15, 0.2) is 24.3 Å². The number of hydrogen-bond donors (Lipinski definition) is 2. The van der Waals surface area contributed by atoms with Gasteiger partial charge in [0.05, 0.1) is 12.0 Å². The van der Waals surface area contributed by atoms with Gasteiger partial charge in [-0.25, -0.2) is 0 Å². The number of carbonyl (C=O) groups excluding carboxylic acids is 1. The molecular weight excluding hydrogens is 328 g/mol. The van der Waals surface area contributed by atoms with Gasteiger partial charge >= 0.3 is 5.97 Å². The van der Waals surface area contributed by atoms with Crippen molar-refractivity contribution in [2.45, 2.75) is 51.1 Å².